The van der Waals surface area contributed by atoms with Crippen molar-refractivity contribution in [1.29, 1.82) is 0 Å². The monoisotopic (exact) mass is 420 g/mol. The van der Waals surface area contributed by atoms with Crippen LogP contribution in [-0.2, 0) is 11.2 Å². The van der Waals surface area contributed by atoms with Crippen LogP contribution in [0.2, 0.25) is 0 Å². The largest absolute Gasteiger partial charge is 0.573 e. The number of fused-ring (bicyclic) bond motifs is 3. The van der Waals surface area contributed by atoms with Gasteiger partial charge < -0.3 is 14.6 Å². The van der Waals surface area contributed by atoms with Crippen LogP contribution in [0.1, 0.15) is 29.2 Å². The SMILES string of the molecule is COc1ccc2c(c1)C1=NN(C(=O)CO)[C@H](c3ccc(OC(F)(F)F)cc3)[C@@H]1CC2. The zero-order valence-corrected chi connectivity index (χ0v) is 16.0. The molecule has 0 saturated carbocycles. The van der Waals surface area contributed by atoms with Crippen LogP contribution in [0.4, 0.5) is 13.2 Å². The number of aliphatic hydroxyl groups excluding tert-OH is 1. The number of ether oxygens (including phenoxy) is 2. The van der Waals surface area contributed by atoms with E-state index in [4.69, 9.17) is 4.74 Å². The molecule has 1 aliphatic heterocycles. The Morgan fingerprint density at radius 2 is 1.90 bits per heavy atom. The zero-order valence-electron chi connectivity index (χ0n) is 16.0. The quantitative estimate of drug-likeness (QED) is 0.823. The minimum Gasteiger partial charge on any atom is -0.497 e. The lowest BCUT2D eigenvalue weighted by Gasteiger charge is -2.29. The molecule has 2 aliphatic rings. The van der Waals surface area contributed by atoms with Crippen LogP contribution >= 0.6 is 0 Å². The van der Waals surface area contributed by atoms with E-state index >= 15 is 0 Å². The summed E-state index contributed by atoms with van der Waals surface area (Å²) >= 11 is 0. The molecule has 0 unspecified atom stereocenters. The number of carbonyl (C=O) groups excluding carboxylic acids is 1. The van der Waals surface area contributed by atoms with E-state index in [2.05, 4.69) is 9.84 Å². The van der Waals surface area contributed by atoms with Gasteiger partial charge in [-0.25, -0.2) is 5.01 Å². The number of hydrazone groups is 1. The van der Waals surface area contributed by atoms with Gasteiger partial charge in [-0.05, 0) is 48.2 Å². The van der Waals surface area contributed by atoms with Gasteiger partial charge >= 0.3 is 6.36 Å². The summed E-state index contributed by atoms with van der Waals surface area (Å²) in [5.74, 6) is -0.421. The third-order valence-corrected chi connectivity index (χ3v) is 5.37. The van der Waals surface area contributed by atoms with Gasteiger partial charge in [0, 0.05) is 11.5 Å². The molecule has 0 fully saturated rings. The number of methoxy groups -OCH3 is 1. The van der Waals surface area contributed by atoms with Gasteiger partial charge in [-0.1, -0.05) is 18.2 Å². The summed E-state index contributed by atoms with van der Waals surface area (Å²) in [5.41, 5.74) is 3.27. The molecule has 0 bridgehead atoms. The van der Waals surface area contributed by atoms with Gasteiger partial charge in [-0.3, -0.25) is 4.79 Å². The molecule has 0 saturated heterocycles. The molecule has 2 aromatic rings. The van der Waals surface area contributed by atoms with Crippen molar-refractivity contribution >= 4 is 11.6 Å². The highest BCUT2D eigenvalue weighted by Crippen LogP contribution is 2.44. The highest BCUT2D eigenvalue weighted by molar-refractivity contribution is 6.07. The second kappa shape index (κ2) is 7.64. The van der Waals surface area contributed by atoms with Crippen LogP contribution in [0, 0.1) is 5.92 Å². The van der Waals surface area contributed by atoms with Crippen LogP contribution in [-0.4, -0.2) is 41.8 Å². The fourth-order valence-corrected chi connectivity index (χ4v) is 4.09. The molecule has 0 aromatic heterocycles. The topological polar surface area (TPSA) is 71.4 Å². The van der Waals surface area contributed by atoms with E-state index in [1.807, 2.05) is 18.2 Å². The van der Waals surface area contributed by atoms with Gasteiger partial charge in [0.1, 0.15) is 18.1 Å². The van der Waals surface area contributed by atoms with Crippen molar-refractivity contribution in [2.75, 3.05) is 13.7 Å². The number of nitrogens with zero attached hydrogens (tertiary/aromatic N) is 2. The predicted molar refractivity (Wildman–Crippen MR) is 101 cm³/mol. The lowest BCUT2D eigenvalue weighted by atomic mass is 9.77. The predicted octanol–water partition coefficient (Wildman–Crippen LogP) is 3.44. The van der Waals surface area contributed by atoms with Gasteiger partial charge in [-0.2, -0.15) is 5.10 Å². The number of rotatable bonds is 4. The Kier molecular flexibility index (Phi) is 5.15. The van der Waals surface area contributed by atoms with E-state index < -0.39 is 24.9 Å². The van der Waals surface area contributed by atoms with Gasteiger partial charge in [0.2, 0.25) is 0 Å². The Morgan fingerprint density at radius 1 is 1.20 bits per heavy atom. The average Bonchev–Trinajstić information content (AvgIpc) is 3.12. The number of aryl methyl sites for hydroxylation is 1. The summed E-state index contributed by atoms with van der Waals surface area (Å²) in [7, 11) is 1.56. The number of alkyl halides is 3. The second-order valence-electron chi connectivity index (χ2n) is 7.11. The molecule has 9 heteroatoms. The van der Waals surface area contributed by atoms with Crippen molar-refractivity contribution in [2.45, 2.75) is 25.2 Å². The molecule has 0 radical (unpaired) electrons. The van der Waals surface area contributed by atoms with Crippen molar-refractivity contribution < 1.29 is 32.5 Å². The molecule has 0 spiro atoms. The molecule has 1 N–H and O–H groups in total. The third kappa shape index (κ3) is 3.72. The summed E-state index contributed by atoms with van der Waals surface area (Å²) in [4.78, 5) is 12.4. The van der Waals surface area contributed by atoms with Crippen molar-refractivity contribution in [2.24, 2.45) is 11.0 Å². The highest BCUT2D eigenvalue weighted by atomic mass is 19.4. The second-order valence-corrected chi connectivity index (χ2v) is 7.11. The molecule has 2 aromatic carbocycles. The van der Waals surface area contributed by atoms with E-state index in [0.29, 0.717) is 23.4 Å². The fraction of sp³-hybridized carbons (Fsp3) is 0.333. The van der Waals surface area contributed by atoms with Gasteiger partial charge in [-0.15, -0.1) is 13.2 Å². The summed E-state index contributed by atoms with van der Waals surface area (Å²) in [6, 6.07) is 10.6. The first-order valence-corrected chi connectivity index (χ1v) is 9.35. The number of aliphatic hydroxyl groups is 1. The lowest BCUT2D eigenvalue weighted by molar-refractivity contribution is -0.274. The third-order valence-electron chi connectivity index (χ3n) is 5.37. The standard InChI is InChI=1S/C21H19F3N2O4/c1-29-15-8-2-12-5-9-16-19(17(12)10-15)25-26(18(28)11-27)20(16)13-3-6-14(7-4-13)30-21(22,23)24/h2-4,6-8,10,16,20,27H,5,9,11H2,1H3/t16-,20-/m1/s1. The first kappa shape index (κ1) is 20.2. The number of benzene rings is 2. The van der Waals surface area contributed by atoms with E-state index in [9.17, 15) is 23.1 Å². The zero-order chi connectivity index (χ0) is 21.5. The van der Waals surface area contributed by atoms with Crippen molar-refractivity contribution in [3.63, 3.8) is 0 Å². The number of hydrogen-bond acceptors (Lipinski definition) is 5. The maximum atomic E-state index is 12.4. The molecule has 1 amide bonds. The van der Waals surface area contributed by atoms with E-state index in [-0.39, 0.29) is 11.7 Å². The molecular formula is C21H19F3N2O4. The highest BCUT2D eigenvalue weighted by Gasteiger charge is 2.44. The minimum atomic E-state index is -4.78. The summed E-state index contributed by atoms with van der Waals surface area (Å²) in [5, 5.41) is 15.2. The Balaban J connectivity index is 1.71. The first-order valence-electron chi connectivity index (χ1n) is 9.35. The Bertz CT molecular complexity index is 989. The molecular weight excluding hydrogens is 401 g/mol. The van der Waals surface area contributed by atoms with Crippen molar-refractivity contribution in [3.8, 4) is 11.5 Å². The summed E-state index contributed by atoms with van der Waals surface area (Å²) in [6.07, 6.45) is -3.31. The molecule has 30 heavy (non-hydrogen) atoms. The maximum absolute atomic E-state index is 12.4. The van der Waals surface area contributed by atoms with Crippen LogP contribution in [0.5, 0.6) is 11.5 Å². The molecule has 6 nitrogen and oxygen atoms in total. The van der Waals surface area contributed by atoms with Gasteiger partial charge in [0.15, 0.2) is 0 Å². The summed E-state index contributed by atoms with van der Waals surface area (Å²) in [6.45, 7) is -0.722. The van der Waals surface area contributed by atoms with Crippen LogP contribution in [0.3, 0.4) is 0 Å². The maximum Gasteiger partial charge on any atom is 0.573 e. The van der Waals surface area contributed by atoms with Gasteiger partial charge in [0.05, 0.1) is 18.9 Å². The fourth-order valence-electron chi connectivity index (χ4n) is 4.09. The molecule has 1 heterocycles. The van der Waals surface area contributed by atoms with E-state index in [1.165, 1.54) is 29.3 Å². The molecule has 158 valence electrons. The molecule has 1 aliphatic carbocycles. The molecule has 4 rings (SSSR count). The van der Waals surface area contributed by atoms with E-state index in [1.54, 1.807) is 7.11 Å². The Morgan fingerprint density at radius 3 is 2.53 bits per heavy atom. The minimum absolute atomic E-state index is 0.158. The first-order chi connectivity index (χ1) is 14.3. The van der Waals surface area contributed by atoms with Crippen LogP contribution in [0.25, 0.3) is 0 Å². The summed E-state index contributed by atoms with van der Waals surface area (Å²) < 4.78 is 46.6. The Labute approximate surface area is 170 Å². The average molecular weight is 420 g/mol. The van der Waals surface area contributed by atoms with Gasteiger partial charge in [0.25, 0.3) is 5.91 Å². The van der Waals surface area contributed by atoms with E-state index in [0.717, 1.165) is 17.5 Å². The smallest absolute Gasteiger partial charge is 0.497 e. The van der Waals surface area contributed by atoms with Crippen molar-refractivity contribution in [3.05, 3.63) is 59.2 Å². The normalized spacial score (nSPS) is 20.3. The van der Waals surface area contributed by atoms with Crippen LogP contribution in [0.15, 0.2) is 47.6 Å². The van der Waals surface area contributed by atoms with Crippen LogP contribution < -0.4 is 9.47 Å². The Hall–Kier alpha value is -3.07. The number of carbonyl (C=O) groups is 1. The lowest BCUT2D eigenvalue weighted by Crippen LogP contribution is -2.33. The number of amides is 1. The van der Waals surface area contributed by atoms with Crippen molar-refractivity contribution in [1.82, 2.24) is 5.01 Å². The number of hydrogen-bond donors (Lipinski definition) is 1. The number of halogens is 3. The molecule has 2 atom stereocenters.